The number of ether oxygens (including phenoxy) is 1. The maximum Gasteiger partial charge on any atom is 0.249 e. The second kappa shape index (κ2) is 12.0. The molecule has 1 unspecified atom stereocenters. The van der Waals surface area contributed by atoms with Crippen LogP contribution in [0.4, 0.5) is 0 Å². The minimum absolute atomic E-state index is 0.0433. The average molecular weight is 620 g/mol. The minimum atomic E-state index is -1.35. The van der Waals surface area contributed by atoms with Gasteiger partial charge in [0.25, 0.3) is 0 Å². The molecule has 8 heteroatoms. The fourth-order valence-electron chi connectivity index (χ4n) is 8.81. The lowest BCUT2D eigenvalue weighted by molar-refractivity contribution is -0.161. The number of rotatable bonds is 9. The molecule has 1 spiro atoms. The molecule has 3 amide bonds. The van der Waals surface area contributed by atoms with Gasteiger partial charge >= 0.3 is 0 Å². The molecule has 0 saturated carbocycles. The molecule has 1 N–H and O–H groups in total. The Morgan fingerprint density at radius 2 is 1.60 bits per heavy atom. The lowest BCUT2D eigenvalue weighted by atomic mass is 9.72. The molecular weight excluding hydrogens is 566 g/mol. The fraction of sp³-hybridized carbons (Fsp3) is 0.649. The van der Waals surface area contributed by atoms with Gasteiger partial charge in [-0.1, -0.05) is 103 Å². The molecule has 1 aromatic rings. The molecule has 2 fully saturated rings. The maximum absolute atomic E-state index is 15.1. The van der Waals surface area contributed by atoms with Gasteiger partial charge in [0.1, 0.15) is 11.6 Å². The topological polar surface area (TPSA) is 90.4 Å². The van der Waals surface area contributed by atoms with Gasteiger partial charge in [0.15, 0.2) is 0 Å². The molecule has 0 aromatic heterocycles. The largest absolute Gasteiger partial charge is 0.394 e. The highest BCUT2D eigenvalue weighted by molar-refractivity contribution is 6.00. The quantitative estimate of drug-likeness (QED) is 0.395. The molecule has 5 rings (SSSR count). The molecule has 2 saturated heterocycles. The number of hydrogen-bond acceptors (Lipinski definition) is 5. The van der Waals surface area contributed by atoms with Gasteiger partial charge in [-0.2, -0.15) is 0 Å². The average Bonchev–Trinajstić information content (AvgIpc) is 3.27. The van der Waals surface area contributed by atoms with Crippen molar-refractivity contribution in [3.63, 3.8) is 0 Å². The van der Waals surface area contributed by atoms with E-state index in [9.17, 15) is 14.7 Å². The summed E-state index contributed by atoms with van der Waals surface area (Å²) in [7, 11) is 0. The Hall–Kier alpha value is -2.97. The summed E-state index contributed by atoms with van der Waals surface area (Å²) in [5.41, 5.74) is -1.95. The Morgan fingerprint density at radius 3 is 2.20 bits per heavy atom. The number of likely N-dealkylation sites (tertiary alicyclic amines) is 1. The lowest BCUT2D eigenvalue weighted by Crippen LogP contribution is -2.62. The zero-order chi connectivity index (χ0) is 32.9. The van der Waals surface area contributed by atoms with E-state index in [-0.39, 0.29) is 35.7 Å². The molecule has 45 heavy (non-hydrogen) atoms. The highest BCUT2D eigenvalue weighted by atomic mass is 16.5. The Kier molecular flexibility index (Phi) is 8.90. The second-order valence-electron chi connectivity index (χ2n) is 15.5. The summed E-state index contributed by atoms with van der Waals surface area (Å²) in [4.78, 5) is 50.1. The first kappa shape index (κ1) is 33.4. The molecule has 1 aromatic carbocycles. The number of aliphatic hydroxyl groups is 1. The highest BCUT2D eigenvalue weighted by Gasteiger charge is 2.76. The Morgan fingerprint density at radius 1 is 0.933 bits per heavy atom. The number of carbonyl (C=O) groups excluding carboxylic acids is 3. The van der Waals surface area contributed by atoms with Crippen LogP contribution in [0.3, 0.4) is 0 Å². The standard InChI is InChI=1S/C37H53N3O5/c1-9-25(3)27(23-41)40-30-33(44)39(35(7,8)24-34(4,5)6)21-15-19-37(30)29(32(40)43)28-31(42)38(22-26-16-12-11-13-17-26)20-14-18-36(28,10-2)45-37/h11-19,25,27-30,41H,9-10,20-24H2,1-8H3/t25-,27-,28-,29-,30?,36+,37-/m0/s1. The van der Waals surface area contributed by atoms with Crippen molar-refractivity contribution < 1.29 is 24.2 Å². The molecule has 8 nitrogen and oxygen atoms in total. The Bertz CT molecular complexity index is 1350. The molecule has 246 valence electrons. The van der Waals surface area contributed by atoms with Crippen molar-refractivity contribution in [2.45, 2.75) is 110 Å². The SMILES string of the molecule is CC[C@H](C)[C@H](CO)N1C(=O)[C@@H]2[C@H]3C(=O)N(Cc4ccccc4)CC=C[C@@]3(CC)O[C@@]23C=CCN(C(C)(C)CC(C)(C)C)C(=O)C13. The lowest BCUT2D eigenvalue weighted by Gasteiger charge is -2.46. The first-order chi connectivity index (χ1) is 21.2. The van der Waals surface area contributed by atoms with Crippen LogP contribution in [0, 0.1) is 23.2 Å². The first-order valence-corrected chi connectivity index (χ1v) is 16.8. The number of hydrogen-bond donors (Lipinski definition) is 1. The predicted octanol–water partition coefficient (Wildman–Crippen LogP) is 4.97. The monoisotopic (exact) mass is 619 g/mol. The van der Waals surface area contributed by atoms with Gasteiger partial charge in [-0.25, -0.2) is 0 Å². The van der Waals surface area contributed by atoms with E-state index in [1.54, 1.807) is 9.80 Å². The predicted molar refractivity (Wildman–Crippen MR) is 175 cm³/mol. The minimum Gasteiger partial charge on any atom is -0.394 e. The fourth-order valence-corrected chi connectivity index (χ4v) is 8.81. The third-order valence-electron chi connectivity index (χ3n) is 10.7. The van der Waals surface area contributed by atoms with Crippen LogP contribution in [0.1, 0.15) is 80.2 Å². The Balaban J connectivity index is 1.66. The summed E-state index contributed by atoms with van der Waals surface area (Å²) in [6, 6.07) is 8.27. The third-order valence-corrected chi connectivity index (χ3v) is 10.7. The smallest absolute Gasteiger partial charge is 0.249 e. The summed E-state index contributed by atoms with van der Waals surface area (Å²) >= 11 is 0. The van der Waals surface area contributed by atoms with E-state index in [2.05, 4.69) is 34.6 Å². The number of nitrogens with zero attached hydrogens (tertiary/aromatic N) is 3. The number of aliphatic hydroxyl groups excluding tert-OH is 1. The number of benzene rings is 1. The van der Waals surface area contributed by atoms with Gasteiger partial charge < -0.3 is 24.5 Å². The van der Waals surface area contributed by atoms with E-state index in [1.165, 1.54) is 0 Å². The van der Waals surface area contributed by atoms with Crippen LogP contribution < -0.4 is 0 Å². The molecular formula is C37H53N3O5. The highest BCUT2D eigenvalue weighted by Crippen LogP contribution is 2.59. The van der Waals surface area contributed by atoms with Crippen molar-refractivity contribution in [3.05, 3.63) is 60.2 Å². The van der Waals surface area contributed by atoms with Crippen molar-refractivity contribution >= 4 is 17.7 Å². The van der Waals surface area contributed by atoms with E-state index in [0.29, 0.717) is 26.1 Å². The van der Waals surface area contributed by atoms with Gasteiger partial charge in [0.2, 0.25) is 17.7 Å². The van der Waals surface area contributed by atoms with Crippen LogP contribution in [-0.2, 0) is 25.7 Å². The summed E-state index contributed by atoms with van der Waals surface area (Å²) in [6.07, 6.45) is 9.80. The zero-order valence-corrected chi connectivity index (χ0v) is 28.5. The van der Waals surface area contributed by atoms with Gasteiger partial charge in [-0.05, 0) is 43.6 Å². The molecule has 0 radical (unpaired) electrons. The van der Waals surface area contributed by atoms with Crippen LogP contribution in [0.25, 0.3) is 0 Å². The number of fused-ring (bicyclic) bond motifs is 2. The first-order valence-electron chi connectivity index (χ1n) is 16.8. The van der Waals surface area contributed by atoms with E-state index < -0.39 is 40.7 Å². The van der Waals surface area contributed by atoms with Gasteiger partial charge in [-0.15, -0.1) is 0 Å². The summed E-state index contributed by atoms with van der Waals surface area (Å²) in [6.45, 7) is 17.6. The van der Waals surface area contributed by atoms with Crippen LogP contribution in [0.15, 0.2) is 54.6 Å². The maximum atomic E-state index is 15.1. The molecule has 4 heterocycles. The van der Waals surface area contributed by atoms with Crippen molar-refractivity contribution in [3.8, 4) is 0 Å². The summed E-state index contributed by atoms with van der Waals surface area (Å²) in [5, 5.41) is 10.8. The zero-order valence-electron chi connectivity index (χ0n) is 28.5. The van der Waals surface area contributed by atoms with Crippen molar-refractivity contribution in [2.24, 2.45) is 23.2 Å². The van der Waals surface area contributed by atoms with Crippen molar-refractivity contribution in [1.82, 2.24) is 14.7 Å². The van der Waals surface area contributed by atoms with Crippen LogP contribution >= 0.6 is 0 Å². The normalized spacial score (nSPS) is 31.4. The van der Waals surface area contributed by atoms with Gasteiger partial charge in [-0.3, -0.25) is 14.4 Å². The molecule has 4 aliphatic rings. The third kappa shape index (κ3) is 5.56. The second-order valence-corrected chi connectivity index (χ2v) is 15.5. The van der Waals surface area contributed by atoms with E-state index in [0.717, 1.165) is 18.4 Å². The molecule has 0 aliphatic carbocycles. The van der Waals surface area contributed by atoms with Crippen LogP contribution in [-0.4, -0.2) is 86.0 Å². The van der Waals surface area contributed by atoms with Crippen LogP contribution in [0.2, 0.25) is 0 Å². The summed E-state index contributed by atoms with van der Waals surface area (Å²) < 4.78 is 7.17. The molecule has 7 atom stereocenters. The van der Waals surface area contributed by atoms with Crippen LogP contribution in [0.5, 0.6) is 0 Å². The van der Waals surface area contributed by atoms with E-state index >= 15 is 4.79 Å². The molecule has 0 bridgehead atoms. The summed E-state index contributed by atoms with van der Waals surface area (Å²) in [5.74, 6) is -2.39. The van der Waals surface area contributed by atoms with E-state index in [1.807, 2.05) is 80.3 Å². The van der Waals surface area contributed by atoms with Crippen molar-refractivity contribution in [1.29, 1.82) is 0 Å². The van der Waals surface area contributed by atoms with E-state index in [4.69, 9.17) is 4.74 Å². The molecule has 4 aliphatic heterocycles. The Labute approximate surface area is 269 Å². The number of carbonyl (C=O) groups is 3. The van der Waals surface area contributed by atoms with Crippen molar-refractivity contribution in [2.75, 3.05) is 19.7 Å². The van der Waals surface area contributed by atoms with Gasteiger partial charge in [0, 0.05) is 25.2 Å². The van der Waals surface area contributed by atoms with Gasteiger partial charge in [0.05, 0.1) is 30.1 Å². The number of amides is 3.